The summed E-state index contributed by atoms with van der Waals surface area (Å²) in [6.45, 7) is 6.11. The van der Waals surface area contributed by atoms with Crippen LogP contribution in [-0.2, 0) is 28.8 Å². The number of β-lactam (4-membered cyclic amide) rings is 1. The SMILES string of the molecule is CON=CC1=C(C(=O)O)N2C(=O)[C@@H](NC(=O)CCC(C)(NC(=O)OC(C)(C)C)C(=O)O)[C@H]2SC1. The third-order valence-corrected chi connectivity index (χ3v) is 6.23. The largest absolute Gasteiger partial charge is 0.480 e. The first-order chi connectivity index (χ1) is 15.7. The molecule has 0 saturated carbocycles. The first-order valence-electron chi connectivity index (χ1n) is 10.2. The second-order valence-corrected chi connectivity index (χ2v) is 9.92. The van der Waals surface area contributed by atoms with Gasteiger partial charge in [0.15, 0.2) is 0 Å². The van der Waals surface area contributed by atoms with E-state index in [0.29, 0.717) is 5.57 Å². The van der Waals surface area contributed by atoms with Gasteiger partial charge < -0.3 is 30.4 Å². The van der Waals surface area contributed by atoms with Crippen molar-refractivity contribution in [3.63, 3.8) is 0 Å². The zero-order valence-corrected chi connectivity index (χ0v) is 20.2. The molecule has 3 amide bonds. The van der Waals surface area contributed by atoms with Gasteiger partial charge in [0, 0.05) is 17.7 Å². The van der Waals surface area contributed by atoms with Crippen LogP contribution in [0.25, 0.3) is 0 Å². The number of carbonyl (C=O) groups excluding carboxylic acids is 3. The number of nitrogens with one attached hydrogen (secondary N) is 2. The predicted molar refractivity (Wildman–Crippen MR) is 120 cm³/mol. The maximum atomic E-state index is 12.6. The molecule has 2 rings (SSSR count). The van der Waals surface area contributed by atoms with Crippen LogP contribution in [0.5, 0.6) is 0 Å². The van der Waals surface area contributed by atoms with Crippen molar-refractivity contribution < 1.29 is 43.8 Å². The van der Waals surface area contributed by atoms with Gasteiger partial charge in [-0.2, -0.15) is 0 Å². The number of carbonyl (C=O) groups is 5. The van der Waals surface area contributed by atoms with Crippen LogP contribution >= 0.6 is 11.8 Å². The van der Waals surface area contributed by atoms with Crippen LogP contribution in [0.3, 0.4) is 0 Å². The quantitative estimate of drug-likeness (QED) is 0.197. The Bertz CT molecular complexity index is 943. The summed E-state index contributed by atoms with van der Waals surface area (Å²) in [7, 11) is 1.30. The Morgan fingerprint density at radius 2 is 1.88 bits per heavy atom. The van der Waals surface area contributed by atoms with Gasteiger partial charge in [-0.05, 0) is 34.1 Å². The normalized spacial score (nSPS) is 21.8. The van der Waals surface area contributed by atoms with Crippen molar-refractivity contribution in [3.8, 4) is 0 Å². The average molecular weight is 501 g/mol. The number of hydrogen-bond acceptors (Lipinski definition) is 9. The molecule has 0 aromatic heterocycles. The summed E-state index contributed by atoms with van der Waals surface area (Å²) in [6.07, 6.45) is -0.306. The van der Waals surface area contributed by atoms with Crippen molar-refractivity contribution >= 4 is 47.8 Å². The molecular weight excluding hydrogens is 472 g/mol. The summed E-state index contributed by atoms with van der Waals surface area (Å²) in [6, 6.07) is -0.970. The molecule has 0 aromatic rings. The zero-order valence-electron chi connectivity index (χ0n) is 19.4. The van der Waals surface area contributed by atoms with Gasteiger partial charge in [0.2, 0.25) is 5.91 Å². The molecule has 0 aromatic carbocycles. The minimum Gasteiger partial charge on any atom is -0.480 e. The van der Waals surface area contributed by atoms with E-state index < -0.39 is 52.4 Å². The van der Waals surface area contributed by atoms with Gasteiger partial charge in [-0.3, -0.25) is 14.5 Å². The van der Waals surface area contributed by atoms with Gasteiger partial charge >= 0.3 is 18.0 Å². The average Bonchev–Trinajstić information content (AvgIpc) is 2.72. The Morgan fingerprint density at radius 1 is 1.24 bits per heavy atom. The molecule has 34 heavy (non-hydrogen) atoms. The summed E-state index contributed by atoms with van der Waals surface area (Å²) >= 11 is 1.24. The van der Waals surface area contributed by atoms with E-state index >= 15 is 0 Å². The number of carboxylic acid groups (broad SMARTS) is 2. The van der Waals surface area contributed by atoms with Gasteiger partial charge in [0.25, 0.3) is 5.91 Å². The van der Waals surface area contributed by atoms with Crippen molar-refractivity contribution in [2.24, 2.45) is 5.16 Å². The molecule has 1 fully saturated rings. The number of nitrogens with zero attached hydrogens (tertiary/aromatic N) is 2. The first-order valence-corrected chi connectivity index (χ1v) is 11.3. The lowest BCUT2D eigenvalue weighted by molar-refractivity contribution is -0.150. The van der Waals surface area contributed by atoms with E-state index in [1.54, 1.807) is 20.8 Å². The van der Waals surface area contributed by atoms with E-state index in [9.17, 15) is 34.2 Å². The monoisotopic (exact) mass is 500 g/mol. The molecule has 4 N–H and O–H groups in total. The summed E-state index contributed by atoms with van der Waals surface area (Å²) in [5.41, 5.74) is -2.57. The maximum Gasteiger partial charge on any atom is 0.408 e. The second-order valence-electron chi connectivity index (χ2n) is 8.82. The Labute approximate surface area is 199 Å². The highest BCUT2D eigenvalue weighted by molar-refractivity contribution is 8.00. The van der Waals surface area contributed by atoms with Crippen LogP contribution in [0.4, 0.5) is 4.79 Å². The van der Waals surface area contributed by atoms with Crippen molar-refractivity contribution in [2.45, 2.75) is 63.1 Å². The summed E-state index contributed by atoms with van der Waals surface area (Å²) < 4.78 is 5.08. The first kappa shape index (κ1) is 27.0. The van der Waals surface area contributed by atoms with Gasteiger partial charge in [-0.1, -0.05) is 5.16 Å². The lowest BCUT2D eigenvalue weighted by Crippen LogP contribution is -2.70. The number of carboxylic acids is 2. The van der Waals surface area contributed by atoms with Gasteiger partial charge in [-0.15, -0.1) is 11.8 Å². The molecule has 0 bridgehead atoms. The Kier molecular flexibility index (Phi) is 8.18. The molecule has 1 saturated heterocycles. The summed E-state index contributed by atoms with van der Waals surface area (Å²) in [4.78, 5) is 66.2. The molecule has 0 aliphatic carbocycles. The smallest absolute Gasteiger partial charge is 0.408 e. The van der Waals surface area contributed by atoms with E-state index in [0.717, 1.165) is 4.90 Å². The highest BCUT2D eigenvalue weighted by Crippen LogP contribution is 2.40. The van der Waals surface area contributed by atoms with Crippen LogP contribution in [0.15, 0.2) is 16.4 Å². The Hall–Kier alpha value is -3.29. The van der Waals surface area contributed by atoms with E-state index in [2.05, 4.69) is 20.6 Å². The highest BCUT2D eigenvalue weighted by Gasteiger charge is 2.54. The summed E-state index contributed by atoms with van der Waals surface area (Å²) in [5, 5.41) is 26.8. The molecule has 2 aliphatic heterocycles. The third kappa shape index (κ3) is 6.18. The highest BCUT2D eigenvalue weighted by atomic mass is 32.2. The topological polar surface area (TPSA) is 184 Å². The number of alkyl carbamates (subject to hydrolysis) is 1. The van der Waals surface area contributed by atoms with E-state index in [-0.39, 0.29) is 24.3 Å². The Morgan fingerprint density at radius 3 is 2.41 bits per heavy atom. The van der Waals surface area contributed by atoms with E-state index in [4.69, 9.17) is 4.74 Å². The molecule has 0 spiro atoms. The van der Waals surface area contributed by atoms with Crippen LogP contribution in [-0.4, -0.2) is 86.6 Å². The van der Waals surface area contributed by atoms with Crippen LogP contribution in [0.1, 0.15) is 40.5 Å². The van der Waals surface area contributed by atoms with E-state index in [1.807, 2.05) is 0 Å². The van der Waals surface area contributed by atoms with Gasteiger partial charge in [0.1, 0.15) is 35.4 Å². The minimum atomic E-state index is -1.79. The van der Waals surface area contributed by atoms with Gasteiger partial charge in [-0.25, -0.2) is 14.4 Å². The number of oxime groups is 1. The van der Waals surface area contributed by atoms with Crippen LogP contribution in [0, 0.1) is 0 Å². The molecule has 2 heterocycles. The number of hydrogen-bond donors (Lipinski definition) is 4. The Balaban J connectivity index is 2.02. The van der Waals surface area contributed by atoms with Crippen molar-refractivity contribution in [3.05, 3.63) is 11.3 Å². The van der Waals surface area contributed by atoms with E-state index in [1.165, 1.54) is 32.0 Å². The van der Waals surface area contributed by atoms with Crippen LogP contribution in [0.2, 0.25) is 0 Å². The number of amides is 3. The molecule has 2 aliphatic rings. The fraction of sp³-hybridized carbons (Fsp3) is 0.600. The minimum absolute atomic E-state index is 0.228. The summed E-state index contributed by atoms with van der Waals surface area (Å²) in [5.74, 6) is -3.68. The molecule has 188 valence electrons. The molecule has 14 heteroatoms. The fourth-order valence-corrected chi connectivity index (χ4v) is 4.52. The maximum absolute atomic E-state index is 12.6. The number of fused-ring (bicyclic) bond motifs is 1. The fourth-order valence-electron chi connectivity index (χ4n) is 3.22. The number of ether oxygens (including phenoxy) is 1. The van der Waals surface area contributed by atoms with Crippen molar-refractivity contribution in [1.82, 2.24) is 15.5 Å². The van der Waals surface area contributed by atoms with Crippen molar-refractivity contribution in [1.29, 1.82) is 0 Å². The zero-order chi connectivity index (χ0) is 25.8. The predicted octanol–water partition coefficient (Wildman–Crippen LogP) is 0.505. The molecule has 13 nitrogen and oxygen atoms in total. The number of aliphatic carboxylic acids is 2. The van der Waals surface area contributed by atoms with Crippen molar-refractivity contribution in [2.75, 3.05) is 12.9 Å². The third-order valence-electron chi connectivity index (χ3n) is 4.93. The molecule has 3 atom stereocenters. The lowest BCUT2D eigenvalue weighted by atomic mass is 9.95. The number of rotatable bonds is 9. The van der Waals surface area contributed by atoms with Crippen LogP contribution < -0.4 is 10.6 Å². The second kappa shape index (κ2) is 10.3. The lowest BCUT2D eigenvalue weighted by Gasteiger charge is -2.49. The number of thioether (sulfide) groups is 1. The molecule has 1 unspecified atom stereocenters. The molecule has 0 radical (unpaired) electrons. The molecular formula is C20H28N4O9S. The standard InChI is InChI=1S/C20H28N4O9S/c1-19(2,3)33-18(31)23-20(4,17(29)30)7-6-11(25)22-12-14(26)24-13(16(27)28)10(8-21-32-5)9-34-15(12)24/h8,12,15H,6-7,9H2,1-5H3,(H,22,25)(H,23,31)(H,27,28)(H,29,30)/t12-,15-,20?/m1/s1. The van der Waals surface area contributed by atoms with Gasteiger partial charge in [0.05, 0.1) is 6.21 Å².